The topological polar surface area (TPSA) is 91.3 Å². The fourth-order valence-electron chi connectivity index (χ4n) is 6.10. The van der Waals surface area contributed by atoms with Gasteiger partial charge in [0.2, 0.25) is 0 Å². The first-order valence-corrected chi connectivity index (χ1v) is 14.2. The molecule has 0 radical (unpaired) electrons. The lowest BCUT2D eigenvalue weighted by molar-refractivity contribution is -0.202. The van der Waals surface area contributed by atoms with Gasteiger partial charge in [-0.05, 0) is 94.4 Å². The molecule has 1 saturated heterocycles. The molecule has 1 saturated carbocycles. The van der Waals surface area contributed by atoms with Gasteiger partial charge in [0, 0.05) is 43.5 Å². The zero-order chi connectivity index (χ0) is 27.6. The fraction of sp³-hybridized carbons (Fsp3) is 0.655. The number of ether oxygens (including phenoxy) is 1. The summed E-state index contributed by atoms with van der Waals surface area (Å²) >= 11 is 0. The van der Waals surface area contributed by atoms with Gasteiger partial charge in [-0.25, -0.2) is 9.97 Å². The zero-order valence-electron chi connectivity index (χ0n) is 22.8. The standard InChI is InChI=1S/C29H40F3N5O2/c1-28(2)14-18(11-12-39-28)15-34-25-10-5-19-3-4-20-16-35-26(13-23(20)27(19)37-25)36-22-8-6-21(7-9-22)33-17-24(38)29(30,31)32/h5,10,13,16,18,21-22,24,33,38H,3-4,6-9,11-12,14-15,17H2,1-2H3,(H,34,37)(H,35,36)/t18?,21-,22-,24-/m0/s1. The SMILES string of the molecule is CC1(C)CC(CNc2ccc3c(n2)-c2cc(N[C@H]4CC[C@H](NC[C@H](O)C(F)(F)F)CC4)ncc2CC3)CCO1. The van der Waals surface area contributed by atoms with Gasteiger partial charge in [-0.1, -0.05) is 6.07 Å². The molecule has 0 bridgehead atoms. The minimum Gasteiger partial charge on any atom is -0.382 e. The molecule has 2 aromatic heterocycles. The van der Waals surface area contributed by atoms with E-state index in [0.29, 0.717) is 5.92 Å². The van der Waals surface area contributed by atoms with Crippen LogP contribution in [0.3, 0.4) is 0 Å². The van der Waals surface area contributed by atoms with Crippen LogP contribution >= 0.6 is 0 Å². The number of hydrogen-bond donors (Lipinski definition) is 4. The molecule has 0 spiro atoms. The number of pyridine rings is 2. The van der Waals surface area contributed by atoms with Crippen molar-refractivity contribution in [2.75, 3.05) is 30.3 Å². The number of aryl methyl sites for hydroxylation is 2. The molecule has 10 heteroatoms. The number of anilines is 2. The van der Waals surface area contributed by atoms with Crippen LogP contribution in [-0.2, 0) is 17.6 Å². The van der Waals surface area contributed by atoms with E-state index in [-0.39, 0.29) is 17.7 Å². The molecule has 7 nitrogen and oxygen atoms in total. The molecule has 1 unspecified atom stereocenters. The smallest absolute Gasteiger partial charge is 0.382 e. The quantitative estimate of drug-likeness (QED) is 0.366. The molecule has 39 heavy (non-hydrogen) atoms. The number of halogens is 3. The highest BCUT2D eigenvalue weighted by Crippen LogP contribution is 2.35. The van der Waals surface area contributed by atoms with Crippen molar-refractivity contribution in [3.8, 4) is 11.3 Å². The summed E-state index contributed by atoms with van der Waals surface area (Å²) in [6.45, 7) is 5.52. The molecule has 4 N–H and O–H groups in total. The predicted molar refractivity (Wildman–Crippen MR) is 146 cm³/mol. The van der Waals surface area contributed by atoms with Gasteiger partial charge in [0.1, 0.15) is 11.6 Å². The molecule has 214 valence electrons. The normalized spacial score (nSPS) is 25.3. The van der Waals surface area contributed by atoms with E-state index in [1.54, 1.807) is 0 Å². The second kappa shape index (κ2) is 11.6. The van der Waals surface area contributed by atoms with Crippen molar-refractivity contribution in [2.24, 2.45) is 5.92 Å². The summed E-state index contributed by atoms with van der Waals surface area (Å²) in [5.41, 5.74) is 4.48. The van der Waals surface area contributed by atoms with Gasteiger partial charge in [0.15, 0.2) is 6.10 Å². The fourth-order valence-corrected chi connectivity index (χ4v) is 6.10. The Morgan fingerprint density at radius 1 is 1.05 bits per heavy atom. The van der Waals surface area contributed by atoms with E-state index in [4.69, 9.17) is 9.72 Å². The van der Waals surface area contributed by atoms with Crippen molar-refractivity contribution in [3.05, 3.63) is 35.5 Å². The summed E-state index contributed by atoms with van der Waals surface area (Å²) in [4.78, 5) is 9.68. The highest BCUT2D eigenvalue weighted by atomic mass is 19.4. The third kappa shape index (κ3) is 7.21. The minimum absolute atomic E-state index is 0.0225. The highest BCUT2D eigenvalue weighted by molar-refractivity contribution is 5.73. The van der Waals surface area contributed by atoms with Gasteiger partial charge in [0.25, 0.3) is 0 Å². The second-order valence-corrected chi connectivity index (χ2v) is 11.9. The Labute approximate surface area is 228 Å². The first-order chi connectivity index (χ1) is 18.6. The first-order valence-electron chi connectivity index (χ1n) is 14.2. The maximum atomic E-state index is 12.6. The maximum Gasteiger partial charge on any atom is 0.415 e. The number of nitrogens with zero attached hydrogens (tertiary/aromatic N) is 2. The third-order valence-corrected chi connectivity index (χ3v) is 8.31. The van der Waals surface area contributed by atoms with Crippen LogP contribution < -0.4 is 16.0 Å². The van der Waals surface area contributed by atoms with Crippen LogP contribution in [0.2, 0.25) is 0 Å². The van der Waals surface area contributed by atoms with Crippen LogP contribution in [0.5, 0.6) is 0 Å². The monoisotopic (exact) mass is 547 g/mol. The molecule has 2 atom stereocenters. The van der Waals surface area contributed by atoms with Crippen molar-refractivity contribution in [2.45, 2.75) is 95.2 Å². The molecule has 0 amide bonds. The van der Waals surface area contributed by atoms with E-state index in [1.807, 2.05) is 6.20 Å². The number of nitrogens with one attached hydrogen (secondary N) is 3. The van der Waals surface area contributed by atoms with Gasteiger partial charge in [-0.3, -0.25) is 0 Å². The molecule has 2 aromatic rings. The predicted octanol–water partition coefficient (Wildman–Crippen LogP) is 5.10. The van der Waals surface area contributed by atoms with Crippen molar-refractivity contribution >= 4 is 11.6 Å². The Balaban J connectivity index is 1.19. The van der Waals surface area contributed by atoms with Crippen molar-refractivity contribution in [3.63, 3.8) is 0 Å². The van der Waals surface area contributed by atoms with E-state index in [0.717, 1.165) is 87.4 Å². The molecular weight excluding hydrogens is 507 g/mol. The summed E-state index contributed by atoms with van der Waals surface area (Å²) in [6.07, 6.45) is 2.13. The van der Waals surface area contributed by atoms with E-state index in [1.165, 1.54) is 11.1 Å². The molecule has 1 aliphatic heterocycles. The third-order valence-electron chi connectivity index (χ3n) is 8.31. The number of alkyl halides is 3. The molecular formula is C29H40F3N5O2. The lowest BCUT2D eigenvalue weighted by Crippen LogP contribution is -2.44. The van der Waals surface area contributed by atoms with Crippen LogP contribution in [0.4, 0.5) is 24.8 Å². The van der Waals surface area contributed by atoms with E-state index in [9.17, 15) is 18.3 Å². The summed E-state index contributed by atoms with van der Waals surface area (Å²) in [5, 5.41) is 19.2. The van der Waals surface area contributed by atoms with E-state index < -0.39 is 18.8 Å². The Kier molecular flexibility index (Phi) is 8.35. The molecule has 5 rings (SSSR count). The number of fused-ring (bicyclic) bond motifs is 3. The molecule has 0 aromatic carbocycles. The van der Waals surface area contributed by atoms with E-state index in [2.05, 4.69) is 53.0 Å². The number of hydrogen-bond acceptors (Lipinski definition) is 7. The first kappa shape index (κ1) is 28.1. The Hall–Kier alpha value is -2.43. The largest absolute Gasteiger partial charge is 0.415 e. The lowest BCUT2D eigenvalue weighted by Gasteiger charge is -2.35. The average molecular weight is 548 g/mol. The van der Waals surface area contributed by atoms with E-state index >= 15 is 0 Å². The Bertz CT molecular complexity index is 1130. The zero-order valence-corrected chi connectivity index (χ0v) is 22.8. The summed E-state index contributed by atoms with van der Waals surface area (Å²) in [5.74, 6) is 2.24. The van der Waals surface area contributed by atoms with Crippen molar-refractivity contribution in [1.29, 1.82) is 0 Å². The van der Waals surface area contributed by atoms with Gasteiger partial charge in [0.05, 0.1) is 11.3 Å². The highest BCUT2D eigenvalue weighted by Gasteiger charge is 2.38. The molecule has 2 fully saturated rings. The van der Waals surface area contributed by atoms with Crippen LogP contribution in [-0.4, -0.2) is 64.7 Å². The van der Waals surface area contributed by atoms with Crippen LogP contribution in [0, 0.1) is 5.92 Å². The van der Waals surface area contributed by atoms with Gasteiger partial charge >= 0.3 is 6.18 Å². The van der Waals surface area contributed by atoms with Crippen LogP contribution in [0.1, 0.15) is 63.5 Å². The summed E-state index contributed by atoms with van der Waals surface area (Å²) < 4.78 is 43.6. The summed E-state index contributed by atoms with van der Waals surface area (Å²) in [6, 6.07) is 6.53. The molecule has 2 aliphatic carbocycles. The number of aliphatic hydroxyl groups is 1. The van der Waals surface area contributed by atoms with Gasteiger partial charge < -0.3 is 25.8 Å². The molecule has 3 aliphatic rings. The van der Waals surface area contributed by atoms with Crippen molar-refractivity contribution in [1.82, 2.24) is 15.3 Å². The second-order valence-electron chi connectivity index (χ2n) is 11.9. The summed E-state index contributed by atoms with van der Waals surface area (Å²) in [7, 11) is 0. The average Bonchev–Trinajstić information content (AvgIpc) is 2.90. The number of rotatable bonds is 8. The maximum absolute atomic E-state index is 12.6. The molecule has 3 heterocycles. The van der Waals surface area contributed by atoms with Crippen LogP contribution in [0.25, 0.3) is 11.3 Å². The Morgan fingerprint density at radius 2 is 1.79 bits per heavy atom. The van der Waals surface area contributed by atoms with Crippen molar-refractivity contribution < 1.29 is 23.0 Å². The number of aliphatic hydroxyl groups excluding tert-OH is 1. The van der Waals surface area contributed by atoms with Crippen LogP contribution in [0.15, 0.2) is 24.4 Å². The van der Waals surface area contributed by atoms with Gasteiger partial charge in [-0.15, -0.1) is 0 Å². The minimum atomic E-state index is -4.59. The lowest BCUT2D eigenvalue weighted by atomic mass is 9.88. The Morgan fingerprint density at radius 3 is 2.54 bits per heavy atom. The number of aromatic nitrogens is 2. The van der Waals surface area contributed by atoms with Gasteiger partial charge in [-0.2, -0.15) is 13.2 Å².